The van der Waals surface area contributed by atoms with Crippen LogP contribution in [0.1, 0.15) is 43.2 Å². The van der Waals surface area contributed by atoms with E-state index in [1.807, 2.05) is 18.2 Å². The van der Waals surface area contributed by atoms with E-state index in [2.05, 4.69) is 10.0 Å². The van der Waals surface area contributed by atoms with Crippen molar-refractivity contribution in [1.29, 1.82) is 5.26 Å². The molecule has 0 aromatic heterocycles. The van der Waals surface area contributed by atoms with E-state index < -0.39 is 27.8 Å². The number of hydrogen-bond donors (Lipinski definition) is 2. The van der Waals surface area contributed by atoms with Crippen molar-refractivity contribution >= 4 is 32.6 Å². The van der Waals surface area contributed by atoms with Gasteiger partial charge in [-0.1, -0.05) is 61.7 Å². The lowest BCUT2D eigenvalue weighted by Gasteiger charge is -2.25. The summed E-state index contributed by atoms with van der Waals surface area (Å²) < 4.78 is 28.2. The van der Waals surface area contributed by atoms with Crippen LogP contribution in [-0.4, -0.2) is 26.3 Å². The molecule has 180 valence electrons. The highest BCUT2D eigenvalue weighted by Crippen LogP contribution is 2.21. The van der Waals surface area contributed by atoms with E-state index in [4.69, 9.17) is 5.26 Å². The molecule has 1 saturated carbocycles. The number of nitrogens with zero attached hydrogens (tertiary/aromatic N) is 1. The van der Waals surface area contributed by atoms with Crippen LogP contribution in [0.4, 0.5) is 0 Å². The van der Waals surface area contributed by atoms with Gasteiger partial charge in [-0.2, -0.15) is 5.26 Å². The van der Waals surface area contributed by atoms with Crippen LogP contribution in [0.25, 0.3) is 10.8 Å². The molecule has 0 spiro atoms. The summed E-state index contributed by atoms with van der Waals surface area (Å²) in [7, 11) is -4.19. The number of nitriles is 1. The molecule has 1 fully saturated rings. The van der Waals surface area contributed by atoms with Crippen molar-refractivity contribution in [3.8, 4) is 6.07 Å². The Bertz CT molecular complexity index is 1370. The van der Waals surface area contributed by atoms with Crippen molar-refractivity contribution in [1.82, 2.24) is 10.0 Å². The Morgan fingerprint density at radius 3 is 2.29 bits per heavy atom. The third-order valence-electron chi connectivity index (χ3n) is 6.37. The maximum absolute atomic E-state index is 13.2. The van der Waals surface area contributed by atoms with E-state index in [0.717, 1.165) is 42.9 Å². The monoisotopic (exact) mass is 489 g/mol. The third-order valence-corrected chi connectivity index (χ3v) is 7.72. The minimum Gasteiger partial charge on any atom is -0.353 e. The van der Waals surface area contributed by atoms with E-state index in [0.29, 0.717) is 11.1 Å². The molecule has 1 unspecified atom stereocenters. The van der Waals surface area contributed by atoms with Gasteiger partial charge < -0.3 is 5.32 Å². The molecular formula is C27H27N3O4S. The summed E-state index contributed by atoms with van der Waals surface area (Å²) in [5.74, 6) is -2.61. The molecule has 0 aliphatic heterocycles. The largest absolute Gasteiger partial charge is 0.353 e. The molecule has 35 heavy (non-hydrogen) atoms. The van der Waals surface area contributed by atoms with Crippen molar-refractivity contribution in [2.75, 3.05) is 0 Å². The van der Waals surface area contributed by atoms with E-state index in [9.17, 15) is 18.0 Å². The zero-order valence-corrected chi connectivity index (χ0v) is 20.1. The van der Waals surface area contributed by atoms with Crippen LogP contribution in [0.15, 0.2) is 71.6 Å². The SMILES string of the molecule is N#Cc1ccc(CC(C(=O)NC2CCCCC2)C(=O)NS(=O)(=O)c2ccc3ccccc3c2)cc1. The molecule has 3 aromatic carbocycles. The van der Waals surface area contributed by atoms with Crippen molar-refractivity contribution in [2.45, 2.75) is 49.5 Å². The summed E-state index contributed by atoms with van der Waals surface area (Å²) in [5, 5.41) is 13.6. The standard InChI is InChI=1S/C27H27N3O4S/c28-18-20-12-10-19(11-13-20)16-25(26(31)29-23-8-2-1-3-9-23)27(32)30-35(33,34)24-15-14-21-6-4-5-7-22(21)17-24/h4-7,10-15,17,23,25H,1-3,8-9,16H2,(H,29,31)(H,30,32). The summed E-state index contributed by atoms with van der Waals surface area (Å²) in [4.78, 5) is 26.3. The first-order valence-electron chi connectivity index (χ1n) is 11.7. The van der Waals surface area contributed by atoms with Gasteiger partial charge in [-0.05, 0) is 59.9 Å². The topological polar surface area (TPSA) is 116 Å². The van der Waals surface area contributed by atoms with Crippen molar-refractivity contribution in [3.05, 3.63) is 77.9 Å². The molecule has 2 N–H and O–H groups in total. The van der Waals surface area contributed by atoms with Crippen molar-refractivity contribution in [2.24, 2.45) is 5.92 Å². The number of sulfonamides is 1. The summed E-state index contributed by atoms with van der Waals surface area (Å²) in [5.41, 5.74) is 1.12. The summed E-state index contributed by atoms with van der Waals surface area (Å²) >= 11 is 0. The summed E-state index contributed by atoms with van der Waals surface area (Å²) in [6.07, 6.45) is 4.83. The highest BCUT2D eigenvalue weighted by atomic mass is 32.2. The molecule has 0 bridgehead atoms. The number of benzene rings is 3. The molecule has 1 atom stereocenters. The molecule has 2 amide bonds. The Hall–Kier alpha value is -3.70. The molecule has 0 saturated heterocycles. The van der Waals surface area contributed by atoms with Crippen LogP contribution in [0.3, 0.4) is 0 Å². The minimum absolute atomic E-state index is 0.0172. The van der Waals surface area contributed by atoms with Gasteiger partial charge in [-0.15, -0.1) is 0 Å². The van der Waals surface area contributed by atoms with Gasteiger partial charge in [0.1, 0.15) is 5.92 Å². The maximum atomic E-state index is 13.2. The Labute approximate surface area is 205 Å². The molecule has 4 rings (SSSR count). The molecule has 3 aromatic rings. The van der Waals surface area contributed by atoms with Gasteiger partial charge >= 0.3 is 0 Å². The first kappa shape index (κ1) is 24.4. The fourth-order valence-electron chi connectivity index (χ4n) is 4.40. The van der Waals surface area contributed by atoms with Gasteiger partial charge in [0.05, 0.1) is 16.5 Å². The number of fused-ring (bicyclic) bond motifs is 1. The average molecular weight is 490 g/mol. The van der Waals surface area contributed by atoms with Crippen LogP contribution in [-0.2, 0) is 26.0 Å². The lowest BCUT2D eigenvalue weighted by atomic mass is 9.93. The van der Waals surface area contributed by atoms with E-state index in [-0.39, 0.29) is 17.4 Å². The van der Waals surface area contributed by atoms with Gasteiger partial charge in [0, 0.05) is 6.04 Å². The summed E-state index contributed by atoms with van der Waals surface area (Å²) in [6.45, 7) is 0. The number of nitrogens with one attached hydrogen (secondary N) is 2. The predicted octanol–water partition coefficient (Wildman–Crippen LogP) is 3.82. The smallest absolute Gasteiger partial charge is 0.264 e. The second-order valence-corrected chi connectivity index (χ2v) is 10.6. The highest BCUT2D eigenvalue weighted by Gasteiger charge is 2.32. The third kappa shape index (κ3) is 6.06. The molecule has 0 radical (unpaired) electrons. The molecule has 7 nitrogen and oxygen atoms in total. The van der Waals surface area contributed by atoms with Crippen LogP contribution >= 0.6 is 0 Å². The van der Waals surface area contributed by atoms with Crippen LogP contribution in [0.2, 0.25) is 0 Å². The minimum atomic E-state index is -4.19. The molecular weight excluding hydrogens is 462 g/mol. The highest BCUT2D eigenvalue weighted by molar-refractivity contribution is 7.90. The quantitative estimate of drug-likeness (QED) is 0.490. The van der Waals surface area contributed by atoms with Crippen molar-refractivity contribution in [3.63, 3.8) is 0 Å². The van der Waals surface area contributed by atoms with Crippen LogP contribution < -0.4 is 10.0 Å². The molecule has 0 heterocycles. The second kappa shape index (κ2) is 10.7. The predicted molar refractivity (Wildman–Crippen MR) is 133 cm³/mol. The van der Waals surface area contributed by atoms with Gasteiger partial charge in [-0.3, -0.25) is 9.59 Å². The molecule has 1 aliphatic carbocycles. The Morgan fingerprint density at radius 1 is 0.914 bits per heavy atom. The number of amides is 2. The Balaban J connectivity index is 1.56. The lowest BCUT2D eigenvalue weighted by Crippen LogP contribution is -2.47. The van der Waals surface area contributed by atoms with E-state index in [1.165, 1.54) is 12.1 Å². The number of rotatable bonds is 7. The van der Waals surface area contributed by atoms with E-state index in [1.54, 1.807) is 42.5 Å². The van der Waals surface area contributed by atoms with Gasteiger partial charge in [0.25, 0.3) is 10.0 Å². The van der Waals surface area contributed by atoms with Crippen LogP contribution in [0, 0.1) is 17.2 Å². The first-order chi connectivity index (χ1) is 16.9. The van der Waals surface area contributed by atoms with Crippen molar-refractivity contribution < 1.29 is 18.0 Å². The fraction of sp³-hybridized carbons (Fsp3) is 0.296. The fourth-order valence-corrected chi connectivity index (χ4v) is 5.46. The zero-order valence-electron chi connectivity index (χ0n) is 19.2. The molecule has 1 aliphatic rings. The lowest BCUT2D eigenvalue weighted by molar-refractivity contribution is -0.134. The normalized spacial score (nSPS) is 15.2. The average Bonchev–Trinajstić information content (AvgIpc) is 2.87. The second-order valence-electron chi connectivity index (χ2n) is 8.89. The Kier molecular flexibility index (Phi) is 7.47. The summed E-state index contributed by atoms with van der Waals surface area (Å²) in [6, 6.07) is 20.5. The van der Waals surface area contributed by atoms with Gasteiger partial charge in [0.2, 0.25) is 11.8 Å². The van der Waals surface area contributed by atoms with E-state index >= 15 is 0 Å². The maximum Gasteiger partial charge on any atom is 0.264 e. The first-order valence-corrected chi connectivity index (χ1v) is 13.2. The number of hydrogen-bond acceptors (Lipinski definition) is 5. The van der Waals surface area contributed by atoms with Crippen LogP contribution in [0.5, 0.6) is 0 Å². The van der Waals surface area contributed by atoms with Gasteiger partial charge in [0.15, 0.2) is 0 Å². The molecule has 8 heteroatoms. The Morgan fingerprint density at radius 2 is 1.60 bits per heavy atom. The number of carbonyl (C=O) groups excluding carboxylic acids is 2. The van der Waals surface area contributed by atoms with Gasteiger partial charge in [-0.25, -0.2) is 13.1 Å². The zero-order chi connectivity index (χ0) is 24.8. The number of carbonyl (C=O) groups is 2.